The number of carbonyl (C=O) groups is 2. The van der Waals surface area contributed by atoms with E-state index in [1.807, 2.05) is 24.3 Å². The van der Waals surface area contributed by atoms with E-state index in [1.54, 1.807) is 12.1 Å². The quantitative estimate of drug-likeness (QED) is 0.793. The summed E-state index contributed by atoms with van der Waals surface area (Å²) in [5.74, 6) is -1.76. The molecule has 26 heavy (non-hydrogen) atoms. The van der Waals surface area contributed by atoms with Gasteiger partial charge in [0.15, 0.2) is 0 Å². The van der Waals surface area contributed by atoms with Gasteiger partial charge < -0.3 is 5.11 Å². The molecule has 1 aliphatic heterocycles. The molecule has 0 bridgehead atoms. The third-order valence-corrected chi connectivity index (χ3v) is 4.68. The van der Waals surface area contributed by atoms with E-state index in [0.717, 1.165) is 21.3 Å². The van der Waals surface area contributed by atoms with Gasteiger partial charge in [-0.3, -0.25) is 9.59 Å². The maximum atomic E-state index is 13.2. The predicted octanol–water partition coefficient (Wildman–Crippen LogP) is 4.13. The molecule has 0 fully saturated rings. The highest BCUT2D eigenvalue weighted by Crippen LogP contribution is 2.33. The van der Waals surface area contributed by atoms with E-state index in [0.29, 0.717) is 6.42 Å². The lowest BCUT2D eigenvalue weighted by molar-refractivity contribution is -0.141. The van der Waals surface area contributed by atoms with Gasteiger partial charge in [-0.2, -0.15) is 5.10 Å². The van der Waals surface area contributed by atoms with E-state index in [1.165, 1.54) is 17.1 Å². The summed E-state index contributed by atoms with van der Waals surface area (Å²) < 4.78 is 14.2. The van der Waals surface area contributed by atoms with Gasteiger partial charge in [0.25, 0.3) is 0 Å². The first-order chi connectivity index (χ1) is 12.4. The largest absolute Gasteiger partial charge is 0.481 e. The fraction of sp³-hybridized carbons (Fsp3) is 0.211. The molecule has 0 aromatic heterocycles. The highest BCUT2D eigenvalue weighted by Gasteiger charge is 2.33. The molecule has 2 aromatic rings. The second kappa shape index (κ2) is 7.78. The number of benzene rings is 2. The lowest BCUT2D eigenvalue weighted by Crippen LogP contribution is -2.27. The summed E-state index contributed by atoms with van der Waals surface area (Å²) in [4.78, 5) is 23.3. The normalized spacial score (nSPS) is 16.5. The summed E-state index contributed by atoms with van der Waals surface area (Å²) in [6.07, 6.45) is 0.0881. The van der Waals surface area contributed by atoms with Crippen LogP contribution in [0.5, 0.6) is 0 Å². The first-order valence-corrected chi connectivity index (χ1v) is 8.86. The summed E-state index contributed by atoms with van der Waals surface area (Å²) in [5, 5.41) is 14.6. The van der Waals surface area contributed by atoms with Crippen LogP contribution >= 0.6 is 15.9 Å². The Bertz CT molecular complexity index is 850. The Balaban J connectivity index is 1.89. The molecule has 1 aliphatic rings. The first kappa shape index (κ1) is 18.3. The molecule has 0 aliphatic carbocycles. The molecule has 0 radical (unpaired) electrons. The number of rotatable bonds is 5. The third-order valence-electron chi connectivity index (χ3n) is 4.15. The summed E-state index contributed by atoms with van der Waals surface area (Å²) >= 11 is 3.38. The number of carboxylic acids is 1. The Morgan fingerprint density at radius 1 is 1.12 bits per heavy atom. The van der Waals surface area contributed by atoms with E-state index in [9.17, 15) is 14.0 Å². The van der Waals surface area contributed by atoms with Gasteiger partial charge in [0, 0.05) is 17.3 Å². The van der Waals surface area contributed by atoms with E-state index < -0.39 is 5.97 Å². The molecule has 134 valence electrons. The van der Waals surface area contributed by atoms with Crippen LogP contribution in [0.25, 0.3) is 0 Å². The second-order valence-electron chi connectivity index (χ2n) is 5.96. The molecule has 1 amide bonds. The highest BCUT2D eigenvalue weighted by atomic mass is 79.9. The Hall–Kier alpha value is -2.54. The molecular weight excluding hydrogens is 403 g/mol. The predicted molar refractivity (Wildman–Crippen MR) is 98.2 cm³/mol. The summed E-state index contributed by atoms with van der Waals surface area (Å²) in [7, 11) is 0. The van der Waals surface area contributed by atoms with Crippen molar-refractivity contribution in [3.63, 3.8) is 0 Å². The Morgan fingerprint density at radius 2 is 1.77 bits per heavy atom. The summed E-state index contributed by atoms with van der Waals surface area (Å²) in [6.45, 7) is 0. The van der Waals surface area contributed by atoms with E-state index >= 15 is 0 Å². The zero-order chi connectivity index (χ0) is 18.7. The molecule has 2 aromatic carbocycles. The number of aliphatic carboxylic acids is 1. The minimum Gasteiger partial charge on any atom is -0.481 e. The number of halogens is 2. The van der Waals surface area contributed by atoms with Gasteiger partial charge in [0.2, 0.25) is 5.91 Å². The van der Waals surface area contributed by atoms with Gasteiger partial charge in [-0.05, 0) is 35.4 Å². The van der Waals surface area contributed by atoms with Crippen molar-refractivity contribution in [3.8, 4) is 0 Å². The van der Waals surface area contributed by atoms with Gasteiger partial charge in [-0.15, -0.1) is 0 Å². The maximum Gasteiger partial charge on any atom is 0.303 e. The molecule has 3 rings (SSSR count). The van der Waals surface area contributed by atoms with Crippen molar-refractivity contribution in [2.45, 2.75) is 25.3 Å². The number of carbonyl (C=O) groups excluding carboxylic acids is 1. The number of carboxylic acid groups (broad SMARTS) is 1. The lowest BCUT2D eigenvalue weighted by Gasteiger charge is -2.21. The molecule has 5 nitrogen and oxygen atoms in total. The van der Waals surface area contributed by atoms with Crippen LogP contribution in [-0.4, -0.2) is 27.7 Å². The van der Waals surface area contributed by atoms with Crippen LogP contribution in [0.2, 0.25) is 0 Å². The van der Waals surface area contributed by atoms with Crippen LogP contribution in [0.1, 0.15) is 36.4 Å². The van der Waals surface area contributed by atoms with Gasteiger partial charge in [0.1, 0.15) is 5.82 Å². The molecule has 1 atom stereocenters. The lowest BCUT2D eigenvalue weighted by atomic mass is 9.98. The van der Waals surface area contributed by atoms with Gasteiger partial charge in [-0.25, -0.2) is 9.40 Å². The standard InChI is InChI=1S/C19H16BrFN2O3/c20-14-5-1-12(2-6-14)16-11-17(13-3-7-15(21)8-4-13)23(22-16)18(24)9-10-19(25)26/h1-8,17H,9-11H2,(H,25,26)/t17-/m0/s1. The van der Waals surface area contributed by atoms with Gasteiger partial charge in [0.05, 0.1) is 18.2 Å². The van der Waals surface area contributed by atoms with Crippen LogP contribution in [0.3, 0.4) is 0 Å². The Kier molecular flexibility index (Phi) is 5.46. The fourth-order valence-electron chi connectivity index (χ4n) is 2.83. The van der Waals surface area contributed by atoms with Gasteiger partial charge in [-0.1, -0.05) is 40.2 Å². The molecule has 1 heterocycles. The minimum atomic E-state index is -1.03. The van der Waals surface area contributed by atoms with Crippen LogP contribution in [0.15, 0.2) is 58.1 Å². The number of amides is 1. The van der Waals surface area contributed by atoms with E-state index in [2.05, 4.69) is 21.0 Å². The molecule has 7 heteroatoms. The Labute approximate surface area is 158 Å². The number of hydrogen-bond acceptors (Lipinski definition) is 3. The second-order valence-corrected chi connectivity index (χ2v) is 6.87. The smallest absolute Gasteiger partial charge is 0.303 e. The maximum absolute atomic E-state index is 13.2. The number of hydrazone groups is 1. The topological polar surface area (TPSA) is 70.0 Å². The van der Waals surface area contributed by atoms with Crippen molar-refractivity contribution in [1.82, 2.24) is 5.01 Å². The summed E-state index contributed by atoms with van der Waals surface area (Å²) in [6, 6.07) is 13.1. The van der Waals surface area contributed by atoms with Crippen molar-refractivity contribution in [1.29, 1.82) is 0 Å². The SMILES string of the molecule is O=C(O)CCC(=O)N1N=C(c2ccc(Br)cc2)C[C@H]1c1ccc(F)cc1. The van der Waals surface area contributed by atoms with Gasteiger partial charge >= 0.3 is 5.97 Å². The van der Waals surface area contributed by atoms with Crippen LogP contribution in [-0.2, 0) is 9.59 Å². The number of nitrogens with zero attached hydrogens (tertiary/aromatic N) is 2. The average Bonchev–Trinajstić information content (AvgIpc) is 3.06. The fourth-order valence-corrected chi connectivity index (χ4v) is 3.09. The van der Waals surface area contributed by atoms with Crippen LogP contribution in [0, 0.1) is 5.82 Å². The van der Waals surface area contributed by atoms with Crippen molar-refractivity contribution < 1.29 is 19.1 Å². The summed E-state index contributed by atoms with van der Waals surface area (Å²) in [5.41, 5.74) is 2.37. The molecular formula is C19H16BrFN2O3. The third kappa shape index (κ3) is 4.16. The molecule has 0 spiro atoms. The van der Waals surface area contributed by atoms with Crippen molar-refractivity contribution in [3.05, 3.63) is 69.9 Å². The molecule has 0 unspecified atom stereocenters. The Morgan fingerprint density at radius 3 is 2.38 bits per heavy atom. The average molecular weight is 419 g/mol. The van der Waals surface area contributed by atoms with Crippen molar-refractivity contribution >= 4 is 33.5 Å². The highest BCUT2D eigenvalue weighted by molar-refractivity contribution is 9.10. The number of hydrogen-bond donors (Lipinski definition) is 1. The van der Waals surface area contributed by atoms with Crippen LogP contribution in [0.4, 0.5) is 4.39 Å². The van der Waals surface area contributed by atoms with Crippen molar-refractivity contribution in [2.75, 3.05) is 0 Å². The van der Waals surface area contributed by atoms with Crippen LogP contribution < -0.4 is 0 Å². The molecule has 0 saturated carbocycles. The van der Waals surface area contributed by atoms with Crippen molar-refractivity contribution in [2.24, 2.45) is 5.10 Å². The van der Waals surface area contributed by atoms with E-state index in [4.69, 9.17) is 5.11 Å². The minimum absolute atomic E-state index is 0.135. The molecule has 0 saturated heterocycles. The van der Waals surface area contributed by atoms with E-state index in [-0.39, 0.29) is 30.6 Å². The zero-order valence-corrected chi connectivity index (χ0v) is 15.3. The zero-order valence-electron chi connectivity index (χ0n) is 13.7. The first-order valence-electron chi connectivity index (χ1n) is 8.07. The monoisotopic (exact) mass is 418 g/mol. The molecule has 1 N–H and O–H groups in total.